The van der Waals surface area contributed by atoms with Crippen LogP contribution in [0.3, 0.4) is 0 Å². The van der Waals surface area contributed by atoms with E-state index in [4.69, 9.17) is 9.52 Å². The second-order valence-electron chi connectivity index (χ2n) is 8.56. The smallest absolute Gasteiger partial charge is 0.251 e. The van der Waals surface area contributed by atoms with E-state index in [1.807, 2.05) is 72.3 Å². The van der Waals surface area contributed by atoms with Gasteiger partial charge in [-0.25, -0.2) is 4.68 Å². The lowest BCUT2D eigenvalue weighted by molar-refractivity contribution is -0.119. The normalized spacial score (nSPS) is 14.0. The Morgan fingerprint density at radius 1 is 1.09 bits per heavy atom. The highest BCUT2D eigenvalue weighted by Gasteiger charge is 2.26. The Labute approximate surface area is 198 Å². The molecule has 0 aliphatic carbocycles. The molecule has 0 saturated heterocycles. The van der Waals surface area contributed by atoms with Gasteiger partial charge in [-0.1, -0.05) is 42.5 Å². The second kappa shape index (κ2) is 9.39. The number of anilines is 1. The molecule has 2 aromatic carbocycles. The average Bonchev–Trinajstić information content (AvgIpc) is 3.52. The number of nitrogens with zero attached hydrogens (tertiary/aromatic N) is 3. The minimum absolute atomic E-state index is 0.0524. The van der Waals surface area contributed by atoms with Crippen LogP contribution in [0.1, 0.15) is 35.0 Å². The number of hydrogen-bond acceptors (Lipinski definition) is 4. The van der Waals surface area contributed by atoms with Gasteiger partial charge in [0.1, 0.15) is 11.6 Å². The number of aryl methyl sites for hydroxylation is 1. The Balaban J connectivity index is 1.27. The van der Waals surface area contributed by atoms with E-state index in [-0.39, 0.29) is 17.9 Å². The SMILES string of the molecule is CC(Cc1ccco1)NC(=O)c1ccc(CN2C(=O)CCn3nc(-c4ccccc4)cc32)cc1. The fraction of sp³-hybridized carbons (Fsp3) is 0.222. The first kappa shape index (κ1) is 21.7. The molecule has 0 bridgehead atoms. The Morgan fingerprint density at radius 3 is 2.62 bits per heavy atom. The lowest BCUT2D eigenvalue weighted by Gasteiger charge is -2.27. The molecule has 0 saturated carbocycles. The fourth-order valence-corrected chi connectivity index (χ4v) is 4.20. The molecule has 34 heavy (non-hydrogen) atoms. The van der Waals surface area contributed by atoms with Crippen LogP contribution in [0.4, 0.5) is 5.82 Å². The van der Waals surface area contributed by atoms with Gasteiger partial charge in [-0.05, 0) is 36.8 Å². The molecule has 2 aromatic heterocycles. The molecule has 1 atom stereocenters. The number of aromatic nitrogens is 2. The zero-order chi connectivity index (χ0) is 23.5. The number of nitrogens with one attached hydrogen (secondary N) is 1. The molecule has 172 valence electrons. The third kappa shape index (κ3) is 4.64. The van der Waals surface area contributed by atoms with Gasteiger partial charge in [0.05, 0.1) is 25.0 Å². The van der Waals surface area contributed by atoms with Crippen molar-refractivity contribution in [1.29, 1.82) is 0 Å². The largest absolute Gasteiger partial charge is 0.469 e. The highest BCUT2D eigenvalue weighted by molar-refractivity contribution is 5.95. The number of amides is 2. The Hall–Kier alpha value is -4.13. The molecule has 1 unspecified atom stereocenters. The predicted molar refractivity (Wildman–Crippen MR) is 129 cm³/mol. The zero-order valence-corrected chi connectivity index (χ0v) is 19.0. The Morgan fingerprint density at radius 2 is 1.88 bits per heavy atom. The van der Waals surface area contributed by atoms with E-state index in [0.717, 1.165) is 28.4 Å². The van der Waals surface area contributed by atoms with Crippen molar-refractivity contribution < 1.29 is 14.0 Å². The summed E-state index contributed by atoms with van der Waals surface area (Å²) < 4.78 is 7.24. The summed E-state index contributed by atoms with van der Waals surface area (Å²) in [5.74, 6) is 1.57. The number of benzene rings is 2. The number of furan rings is 1. The molecule has 0 radical (unpaired) electrons. The van der Waals surface area contributed by atoms with Crippen molar-refractivity contribution in [1.82, 2.24) is 15.1 Å². The van der Waals surface area contributed by atoms with Crippen molar-refractivity contribution in [3.05, 3.63) is 95.9 Å². The van der Waals surface area contributed by atoms with Crippen LogP contribution in [0.25, 0.3) is 11.3 Å². The van der Waals surface area contributed by atoms with Gasteiger partial charge in [0, 0.05) is 36.1 Å². The molecule has 1 aliphatic rings. The summed E-state index contributed by atoms with van der Waals surface area (Å²) in [6, 6.07) is 23.0. The van der Waals surface area contributed by atoms with Crippen LogP contribution in [0.2, 0.25) is 0 Å². The number of carbonyl (C=O) groups is 2. The van der Waals surface area contributed by atoms with Crippen LogP contribution in [0.15, 0.2) is 83.5 Å². The molecule has 0 spiro atoms. The van der Waals surface area contributed by atoms with Crippen molar-refractivity contribution in [3.8, 4) is 11.3 Å². The van der Waals surface area contributed by atoms with Crippen LogP contribution in [0, 0.1) is 0 Å². The molecule has 2 amide bonds. The van der Waals surface area contributed by atoms with Crippen molar-refractivity contribution in [3.63, 3.8) is 0 Å². The summed E-state index contributed by atoms with van der Waals surface area (Å²) >= 11 is 0. The van der Waals surface area contributed by atoms with Gasteiger partial charge >= 0.3 is 0 Å². The topological polar surface area (TPSA) is 80.4 Å². The Bertz CT molecular complexity index is 1280. The second-order valence-corrected chi connectivity index (χ2v) is 8.56. The zero-order valence-electron chi connectivity index (χ0n) is 19.0. The lowest BCUT2D eigenvalue weighted by atomic mass is 10.1. The number of hydrogen-bond donors (Lipinski definition) is 1. The molecule has 5 rings (SSSR count). The number of rotatable bonds is 7. The van der Waals surface area contributed by atoms with Crippen LogP contribution in [-0.2, 0) is 24.3 Å². The van der Waals surface area contributed by atoms with Crippen molar-refractivity contribution in [2.24, 2.45) is 0 Å². The molecular weight excluding hydrogens is 428 g/mol. The van der Waals surface area contributed by atoms with Crippen LogP contribution >= 0.6 is 0 Å². The van der Waals surface area contributed by atoms with Gasteiger partial charge in [0.2, 0.25) is 5.91 Å². The maximum absolute atomic E-state index is 12.7. The van der Waals surface area contributed by atoms with E-state index in [2.05, 4.69) is 5.32 Å². The van der Waals surface area contributed by atoms with Gasteiger partial charge in [0.25, 0.3) is 5.91 Å². The van der Waals surface area contributed by atoms with Gasteiger partial charge in [-0.3, -0.25) is 14.5 Å². The summed E-state index contributed by atoms with van der Waals surface area (Å²) in [5.41, 5.74) is 3.40. The first-order valence-electron chi connectivity index (χ1n) is 11.4. The van der Waals surface area contributed by atoms with Crippen molar-refractivity contribution in [2.75, 3.05) is 4.90 Å². The fourth-order valence-electron chi connectivity index (χ4n) is 4.20. The molecule has 7 nitrogen and oxygen atoms in total. The van der Waals surface area contributed by atoms with Gasteiger partial charge in [0.15, 0.2) is 0 Å². The van der Waals surface area contributed by atoms with Crippen molar-refractivity contribution >= 4 is 17.6 Å². The third-order valence-corrected chi connectivity index (χ3v) is 5.97. The summed E-state index contributed by atoms with van der Waals surface area (Å²) in [4.78, 5) is 27.1. The molecule has 7 heteroatoms. The number of fused-ring (bicyclic) bond motifs is 1. The van der Waals surface area contributed by atoms with Crippen LogP contribution < -0.4 is 10.2 Å². The van der Waals surface area contributed by atoms with Gasteiger partial charge in [-0.2, -0.15) is 5.10 Å². The summed E-state index contributed by atoms with van der Waals surface area (Å²) in [6.07, 6.45) is 2.68. The molecule has 1 aliphatic heterocycles. The summed E-state index contributed by atoms with van der Waals surface area (Å²) in [7, 11) is 0. The molecule has 4 aromatic rings. The van der Waals surface area contributed by atoms with E-state index >= 15 is 0 Å². The average molecular weight is 455 g/mol. The summed E-state index contributed by atoms with van der Waals surface area (Å²) in [6.45, 7) is 2.95. The van der Waals surface area contributed by atoms with E-state index in [0.29, 0.717) is 31.5 Å². The highest BCUT2D eigenvalue weighted by atomic mass is 16.3. The van der Waals surface area contributed by atoms with Crippen LogP contribution in [-0.4, -0.2) is 27.6 Å². The summed E-state index contributed by atoms with van der Waals surface area (Å²) in [5, 5.41) is 7.70. The standard InChI is InChI=1S/C27H26N4O3/c1-19(16-23-8-5-15-34-23)28-27(33)22-11-9-20(10-12-22)18-30-25-17-24(21-6-3-2-4-7-21)29-31(25)14-13-26(30)32/h2-12,15,17,19H,13-14,16,18H2,1H3,(H,28,33). The highest BCUT2D eigenvalue weighted by Crippen LogP contribution is 2.29. The minimum Gasteiger partial charge on any atom is -0.469 e. The lowest BCUT2D eigenvalue weighted by Crippen LogP contribution is -2.37. The molecular formula is C27H26N4O3. The monoisotopic (exact) mass is 454 g/mol. The third-order valence-electron chi connectivity index (χ3n) is 5.97. The van der Waals surface area contributed by atoms with E-state index in [9.17, 15) is 9.59 Å². The first-order valence-corrected chi connectivity index (χ1v) is 11.4. The molecule has 3 heterocycles. The molecule has 0 fully saturated rings. The predicted octanol–water partition coefficient (Wildman–Crippen LogP) is 4.44. The van der Waals surface area contributed by atoms with Gasteiger partial charge < -0.3 is 9.73 Å². The maximum Gasteiger partial charge on any atom is 0.251 e. The van der Waals surface area contributed by atoms with E-state index < -0.39 is 0 Å². The maximum atomic E-state index is 12.7. The van der Waals surface area contributed by atoms with Crippen molar-refractivity contribution in [2.45, 2.75) is 38.9 Å². The van der Waals surface area contributed by atoms with E-state index in [1.165, 1.54) is 0 Å². The Kier molecular flexibility index (Phi) is 5.99. The van der Waals surface area contributed by atoms with Crippen LogP contribution in [0.5, 0.6) is 0 Å². The van der Waals surface area contributed by atoms with E-state index in [1.54, 1.807) is 23.3 Å². The quantitative estimate of drug-likeness (QED) is 0.448. The molecule has 1 N–H and O–H groups in total. The number of carbonyl (C=O) groups excluding carboxylic acids is 2. The first-order chi connectivity index (χ1) is 16.6. The minimum atomic E-state index is -0.134. The van der Waals surface area contributed by atoms with Gasteiger partial charge in [-0.15, -0.1) is 0 Å².